The summed E-state index contributed by atoms with van der Waals surface area (Å²) < 4.78 is 0. The third-order valence-electron chi connectivity index (χ3n) is 3.98. The van der Waals surface area contributed by atoms with Gasteiger partial charge in [0.05, 0.1) is 22.2 Å². The fraction of sp³-hybridized carbons (Fsp3) is 0.150. The standard InChI is InChI=1S/C20H17N3OS3/c1-13(19(24)21-12-14-6-4-10-25-14)27-20-15-7-2-3-8-16(15)22-18(23-20)17-9-5-11-26-17/h2-11,13H,12H2,1H3,(H,21,24). The van der Waals surface area contributed by atoms with Crippen molar-refractivity contribution in [3.8, 4) is 10.7 Å². The van der Waals surface area contributed by atoms with E-state index >= 15 is 0 Å². The smallest absolute Gasteiger partial charge is 0.233 e. The predicted octanol–water partition coefficient (Wildman–Crippen LogP) is 5.22. The van der Waals surface area contributed by atoms with Crippen LogP contribution in [-0.4, -0.2) is 21.1 Å². The van der Waals surface area contributed by atoms with E-state index in [0.29, 0.717) is 12.4 Å². The van der Waals surface area contributed by atoms with E-state index in [1.54, 1.807) is 22.7 Å². The highest BCUT2D eigenvalue weighted by molar-refractivity contribution is 8.00. The lowest BCUT2D eigenvalue weighted by Gasteiger charge is -2.13. The number of thioether (sulfide) groups is 1. The molecule has 0 aliphatic rings. The topological polar surface area (TPSA) is 54.9 Å². The minimum atomic E-state index is -0.251. The summed E-state index contributed by atoms with van der Waals surface area (Å²) >= 11 is 4.73. The maximum absolute atomic E-state index is 12.5. The van der Waals surface area contributed by atoms with E-state index in [1.165, 1.54) is 11.8 Å². The Kier molecular flexibility index (Phi) is 5.52. The van der Waals surface area contributed by atoms with Crippen molar-refractivity contribution in [1.82, 2.24) is 15.3 Å². The first kappa shape index (κ1) is 18.2. The minimum absolute atomic E-state index is 0.00812. The average Bonchev–Trinajstić information content (AvgIpc) is 3.39. The monoisotopic (exact) mass is 411 g/mol. The van der Waals surface area contributed by atoms with Crippen molar-refractivity contribution in [3.05, 3.63) is 64.2 Å². The Morgan fingerprint density at radius 2 is 1.89 bits per heavy atom. The highest BCUT2D eigenvalue weighted by Crippen LogP contribution is 2.32. The van der Waals surface area contributed by atoms with Crippen LogP contribution < -0.4 is 5.32 Å². The number of hydrogen-bond acceptors (Lipinski definition) is 6. The third-order valence-corrected chi connectivity index (χ3v) is 6.83. The summed E-state index contributed by atoms with van der Waals surface area (Å²) in [7, 11) is 0. The molecule has 0 aliphatic carbocycles. The Morgan fingerprint density at radius 3 is 2.67 bits per heavy atom. The summed E-state index contributed by atoms with van der Waals surface area (Å²) in [5, 5.41) is 8.59. The second-order valence-corrected chi connectivity index (χ2v) is 9.21. The molecule has 1 N–H and O–H groups in total. The number of benzene rings is 1. The number of aromatic nitrogens is 2. The quantitative estimate of drug-likeness (QED) is 0.349. The van der Waals surface area contributed by atoms with E-state index in [2.05, 4.69) is 10.3 Å². The number of carbonyl (C=O) groups is 1. The first-order chi connectivity index (χ1) is 13.2. The maximum Gasteiger partial charge on any atom is 0.233 e. The molecule has 0 saturated carbocycles. The van der Waals surface area contributed by atoms with Crippen LogP contribution in [-0.2, 0) is 11.3 Å². The van der Waals surface area contributed by atoms with Crippen LogP contribution in [0.15, 0.2) is 64.3 Å². The van der Waals surface area contributed by atoms with Gasteiger partial charge in [-0.05, 0) is 35.9 Å². The average molecular weight is 412 g/mol. The maximum atomic E-state index is 12.5. The van der Waals surface area contributed by atoms with Gasteiger partial charge in [0.2, 0.25) is 5.91 Å². The number of thiophene rings is 2. The lowest BCUT2D eigenvalue weighted by atomic mass is 10.2. The molecule has 1 atom stereocenters. The van der Waals surface area contributed by atoms with Crippen LogP contribution >= 0.6 is 34.4 Å². The van der Waals surface area contributed by atoms with Crippen molar-refractivity contribution in [2.45, 2.75) is 23.7 Å². The molecule has 0 fully saturated rings. The SMILES string of the molecule is CC(Sc1nc(-c2cccs2)nc2ccccc12)C(=O)NCc1cccs1. The summed E-state index contributed by atoms with van der Waals surface area (Å²) in [4.78, 5) is 24.1. The van der Waals surface area contributed by atoms with Gasteiger partial charge in [0.1, 0.15) is 5.03 Å². The van der Waals surface area contributed by atoms with Gasteiger partial charge in [-0.2, -0.15) is 0 Å². The number of nitrogens with one attached hydrogen (secondary N) is 1. The summed E-state index contributed by atoms with van der Waals surface area (Å²) in [6, 6.07) is 16.0. The molecule has 7 heteroatoms. The van der Waals surface area contributed by atoms with Crippen LogP contribution in [0.1, 0.15) is 11.8 Å². The Hall–Kier alpha value is -2.22. The van der Waals surface area contributed by atoms with E-state index in [-0.39, 0.29) is 11.2 Å². The first-order valence-corrected chi connectivity index (χ1v) is 11.1. The van der Waals surface area contributed by atoms with Gasteiger partial charge in [0.25, 0.3) is 0 Å². The molecule has 0 bridgehead atoms. The van der Waals surface area contributed by atoms with E-state index in [4.69, 9.17) is 4.98 Å². The highest BCUT2D eigenvalue weighted by Gasteiger charge is 2.18. The van der Waals surface area contributed by atoms with E-state index < -0.39 is 0 Å². The summed E-state index contributed by atoms with van der Waals surface area (Å²) in [6.07, 6.45) is 0. The second-order valence-electron chi connectivity index (χ2n) is 5.90. The molecule has 3 aromatic heterocycles. The van der Waals surface area contributed by atoms with Crippen molar-refractivity contribution in [1.29, 1.82) is 0 Å². The van der Waals surface area contributed by atoms with Gasteiger partial charge < -0.3 is 5.32 Å². The van der Waals surface area contributed by atoms with Crippen molar-refractivity contribution in [3.63, 3.8) is 0 Å². The largest absolute Gasteiger partial charge is 0.350 e. The molecule has 1 aromatic carbocycles. The molecule has 4 rings (SSSR count). The number of carbonyl (C=O) groups excluding carboxylic acids is 1. The van der Waals surface area contributed by atoms with Crippen LogP contribution in [0.4, 0.5) is 0 Å². The zero-order valence-electron chi connectivity index (χ0n) is 14.6. The third kappa shape index (κ3) is 4.21. The number of hydrogen-bond donors (Lipinski definition) is 1. The van der Waals surface area contributed by atoms with Crippen molar-refractivity contribution in [2.75, 3.05) is 0 Å². The van der Waals surface area contributed by atoms with E-state index in [0.717, 1.165) is 25.7 Å². The van der Waals surface area contributed by atoms with Gasteiger partial charge in [-0.3, -0.25) is 4.79 Å². The normalized spacial score (nSPS) is 12.2. The van der Waals surface area contributed by atoms with Crippen LogP contribution in [0.2, 0.25) is 0 Å². The molecule has 0 radical (unpaired) electrons. The Labute approximate surface area is 169 Å². The van der Waals surface area contributed by atoms with Gasteiger partial charge in [0, 0.05) is 10.3 Å². The van der Waals surface area contributed by atoms with Gasteiger partial charge >= 0.3 is 0 Å². The zero-order chi connectivity index (χ0) is 18.6. The first-order valence-electron chi connectivity index (χ1n) is 8.48. The molecule has 3 heterocycles. The number of para-hydroxylation sites is 1. The number of amides is 1. The highest BCUT2D eigenvalue weighted by atomic mass is 32.2. The van der Waals surface area contributed by atoms with Crippen molar-refractivity contribution in [2.24, 2.45) is 0 Å². The van der Waals surface area contributed by atoms with Crippen LogP contribution in [0.25, 0.3) is 21.6 Å². The van der Waals surface area contributed by atoms with Gasteiger partial charge in [-0.25, -0.2) is 9.97 Å². The van der Waals surface area contributed by atoms with Gasteiger partial charge in [-0.15, -0.1) is 22.7 Å². The van der Waals surface area contributed by atoms with Crippen LogP contribution in [0.5, 0.6) is 0 Å². The fourth-order valence-electron chi connectivity index (χ4n) is 2.61. The van der Waals surface area contributed by atoms with Crippen LogP contribution in [0.3, 0.4) is 0 Å². The van der Waals surface area contributed by atoms with Gasteiger partial charge in [0.15, 0.2) is 5.82 Å². The molecule has 136 valence electrons. The Bertz CT molecular complexity index is 1050. The molecule has 27 heavy (non-hydrogen) atoms. The van der Waals surface area contributed by atoms with Crippen molar-refractivity contribution >= 4 is 51.2 Å². The summed E-state index contributed by atoms with van der Waals surface area (Å²) in [5.74, 6) is 0.714. The van der Waals surface area contributed by atoms with Gasteiger partial charge in [-0.1, -0.05) is 42.1 Å². The second kappa shape index (κ2) is 8.21. The molecular weight excluding hydrogens is 394 g/mol. The molecule has 4 aromatic rings. The molecule has 4 nitrogen and oxygen atoms in total. The molecule has 1 amide bonds. The minimum Gasteiger partial charge on any atom is -0.350 e. The zero-order valence-corrected chi connectivity index (χ0v) is 17.0. The van der Waals surface area contributed by atoms with E-state index in [1.807, 2.05) is 66.2 Å². The molecule has 0 spiro atoms. The molecule has 1 unspecified atom stereocenters. The predicted molar refractivity (Wildman–Crippen MR) is 114 cm³/mol. The van der Waals surface area contributed by atoms with Crippen LogP contribution in [0, 0.1) is 0 Å². The molecule has 0 aliphatic heterocycles. The Morgan fingerprint density at radius 1 is 1.07 bits per heavy atom. The number of rotatable bonds is 6. The molecular formula is C20H17N3OS3. The van der Waals surface area contributed by atoms with Crippen molar-refractivity contribution < 1.29 is 4.79 Å². The number of nitrogens with zero attached hydrogens (tertiary/aromatic N) is 2. The number of fused-ring (bicyclic) bond motifs is 1. The molecule has 0 saturated heterocycles. The fourth-order valence-corrected chi connectivity index (χ4v) is 4.87. The lowest BCUT2D eigenvalue weighted by molar-refractivity contribution is -0.120. The Balaban J connectivity index is 1.57. The summed E-state index contributed by atoms with van der Waals surface area (Å²) in [5.41, 5.74) is 0.893. The lowest BCUT2D eigenvalue weighted by Crippen LogP contribution is -2.30. The van der Waals surface area contributed by atoms with E-state index in [9.17, 15) is 4.79 Å². The summed E-state index contributed by atoms with van der Waals surface area (Å²) in [6.45, 7) is 2.47.